The normalized spacial score (nSPS) is 16.3. The number of thiol groups is 1. The lowest BCUT2D eigenvalue weighted by Gasteiger charge is -2.22. The number of nitrogens with one attached hydrogen (secondary N) is 1. The van der Waals surface area contributed by atoms with Gasteiger partial charge in [0.05, 0.1) is 17.9 Å². The van der Waals surface area contributed by atoms with Crippen molar-refractivity contribution in [3.05, 3.63) is 53.1 Å². The SMILES string of the molecule is CC(=O)c1cc(C2CCCCC2)ccc1[N+](=CCCCOc1ccc2c(c1)COC(=O)N2)OS. The van der Waals surface area contributed by atoms with Crippen molar-refractivity contribution in [3.8, 4) is 5.75 Å². The van der Waals surface area contributed by atoms with Gasteiger partial charge in [0, 0.05) is 22.8 Å². The van der Waals surface area contributed by atoms with Crippen molar-refractivity contribution in [1.82, 2.24) is 0 Å². The monoisotopic (exact) mass is 483 g/mol. The predicted octanol–water partition coefficient (Wildman–Crippen LogP) is 6.35. The van der Waals surface area contributed by atoms with Crippen LogP contribution in [0.15, 0.2) is 36.4 Å². The quantitative estimate of drug-likeness (QED) is 0.0827. The van der Waals surface area contributed by atoms with Gasteiger partial charge in [0.25, 0.3) is 5.69 Å². The van der Waals surface area contributed by atoms with Gasteiger partial charge in [-0.3, -0.25) is 10.1 Å². The van der Waals surface area contributed by atoms with Gasteiger partial charge in [-0.15, -0.1) is 0 Å². The van der Waals surface area contributed by atoms with Crippen molar-refractivity contribution < 1.29 is 28.1 Å². The van der Waals surface area contributed by atoms with Crippen LogP contribution in [0.5, 0.6) is 5.75 Å². The number of unbranched alkanes of at least 4 members (excludes halogenated alkanes) is 1. The Bertz CT molecular complexity index is 1080. The van der Waals surface area contributed by atoms with Gasteiger partial charge in [-0.1, -0.05) is 25.3 Å². The first-order valence-electron chi connectivity index (χ1n) is 11.8. The van der Waals surface area contributed by atoms with Gasteiger partial charge < -0.3 is 9.47 Å². The number of carbonyl (C=O) groups excluding carboxylic acids is 2. The summed E-state index contributed by atoms with van der Waals surface area (Å²) < 4.78 is 17.7. The number of ether oxygens (including phenoxy) is 2. The molecule has 0 spiro atoms. The van der Waals surface area contributed by atoms with E-state index >= 15 is 0 Å². The molecule has 1 saturated carbocycles. The zero-order valence-corrected chi connectivity index (χ0v) is 20.3. The number of Topliss-reactive ketones (excluding diaryl/α,β-unsaturated/α-hetero) is 1. The Morgan fingerprint density at radius 2 is 2.03 bits per heavy atom. The number of cyclic esters (lactones) is 1. The molecule has 4 rings (SSSR count). The van der Waals surface area contributed by atoms with Crippen LogP contribution in [0, 0.1) is 0 Å². The zero-order valence-electron chi connectivity index (χ0n) is 19.4. The molecule has 0 saturated heterocycles. The summed E-state index contributed by atoms with van der Waals surface area (Å²) in [4.78, 5) is 23.7. The fourth-order valence-corrected chi connectivity index (χ4v) is 4.72. The number of hydrogen-bond donors (Lipinski definition) is 2. The van der Waals surface area contributed by atoms with Gasteiger partial charge in [0.15, 0.2) is 5.78 Å². The number of rotatable bonds is 9. The van der Waals surface area contributed by atoms with Crippen LogP contribution in [-0.4, -0.2) is 29.4 Å². The Labute approximate surface area is 205 Å². The topological polar surface area (TPSA) is 76.9 Å². The number of benzene rings is 2. The molecule has 34 heavy (non-hydrogen) atoms. The molecule has 1 fully saturated rings. The molecule has 2 aromatic rings. The summed E-state index contributed by atoms with van der Waals surface area (Å²) in [5.74, 6) is 1.25. The minimum Gasteiger partial charge on any atom is -0.494 e. The molecule has 0 bridgehead atoms. The molecule has 7 nitrogen and oxygen atoms in total. The highest BCUT2D eigenvalue weighted by atomic mass is 32.1. The Hall–Kier alpha value is -3.00. The lowest BCUT2D eigenvalue weighted by atomic mass is 9.83. The van der Waals surface area contributed by atoms with Crippen LogP contribution in [0.4, 0.5) is 16.2 Å². The number of amides is 1. The van der Waals surface area contributed by atoms with Gasteiger partial charge in [-0.25, -0.2) is 4.79 Å². The summed E-state index contributed by atoms with van der Waals surface area (Å²) in [6, 6.07) is 11.6. The number of ketones is 1. The average molecular weight is 484 g/mol. The molecule has 0 atom stereocenters. The average Bonchev–Trinajstić information content (AvgIpc) is 2.86. The van der Waals surface area contributed by atoms with Gasteiger partial charge in [0.1, 0.15) is 25.3 Å². The van der Waals surface area contributed by atoms with E-state index in [9.17, 15) is 9.59 Å². The van der Waals surface area contributed by atoms with Crippen LogP contribution < -0.4 is 10.1 Å². The fraction of sp³-hybridized carbons (Fsp3) is 0.423. The molecule has 2 aliphatic rings. The summed E-state index contributed by atoms with van der Waals surface area (Å²) in [5, 5.41) is 2.66. The van der Waals surface area contributed by atoms with Crippen LogP contribution in [0.3, 0.4) is 0 Å². The number of carbonyl (C=O) groups is 2. The number of fused-ring (bicyclic) bond motifs is 1. The van der Waals surface area contributed by atoms with Crippen molar-refractivity contribution in [2.45, 2.75) is 64.4 Å². The molecule has 0 aromatic heterocycles. The van der Waals surface area contributed by atoms with E-state index in [2.05, 4.69) is 24.3 Å². The van der Waals surface area contributed by atoms with Gasteiger partial charge in [0.2, 0.25) is 6.21 Å². The maximum absolute atomic E-state index is 12.4. The molecule has 1 amide bonds. The standard InChI is InChI=1S/C26H30N2O5S/c1-18(29)23-16-20(19-7-3-2-4-8-19)9-12-25(23)28(33-34)13-5-6-14-31-22-10-11-24-21(15-22)17-32-26(30)27-24/h9-13,15-16,19H,2-8,14,17H2,1H3,(H-,27,30,34)/p+1. The first-order chi connectivity index (χ1) is 16.5. The highest BCUT2D eigenvalue weighted by molar-refractivity contribution is 7.74. The van der Waals surface area contributed by atoms with Gasteiger partial charge in [-0.2, -0.15) is 4.28 Å². The van der Waals surface area contributed by atoms with E-state index < -0.39 is 6.09 Å². The Morgan fingerprint density at radius 1 is 1.21 bits per heavy atom. The summed E-state index contributed by atoms with van der Waals surface area (Å²) in [5.41, 5.74) is 4.20. The van der Waals surface area contributed by atoms with Crippen molar-refractivity contribution in [2.24, 2.45) is 0 Å². The van der Waals surface area contributed by atoms with E-state index in [1.165, 1.54) is 37.7 Å². The molecule has 0 radical (unpaired) electrons. The molecule has 1 aliphatic carbocycles. The summed E-state index contributed by atoms with van der Waals surface area (Å²) in [7, 11) is 0. The molecule has 1 aliphatic heterocycles. The minimum absolute atomic E-state index is 0.00681. The zero-order chi connectivity index (χ0) is 23.9. The largest absolute Gasteiger partial charge is 0.494 e. The van der Waals surface area contributed by atoms with E-state index in [0.29, 0.717) is 30.2 Å². The highest BCUT2D eigenvalue weighted by Crippen LogP contribution is 2.35. The first-order valence-corrected chi connectivity index (χ1v) is 12.2. The Morgan fingerprint density at radius 3 is 2.79 bits per heavy atom. The summed E-state index contributed by atoms with van der Waals surface area (Å²) in [6.45, 7) is 2.32. The van der Waals surface area contributed by atoms with Crippen molar-refractivity contribution in [3.63, 3.8) is 0 Å². The second-order valence-corrected chi connectivity index (χ2v) is 8.93. The van der Waals surface area contributed by atoms with Crippen LogP contribution in [0.25, 0.3) is 0 Å². The molecule has 2 aromatic carbocycles. The van der Waals surface area contributed by atoms with E-state index in [4.69, 9.17) is 13.8 Å². The van der Waals surface area contributed by atoms with E-state index in [1.54, 1.807) is 11.7 Å². The molecule has 1 heterocycles. The first kappa shape index (κ1) is 24.1. The third-order valence-corrected chi connectivity index (χ3v) is 6.56. The van der Waals surface area contributed by atoms with Gasteiger partial charge >= 0.3 is 6.09 Å². The fourth-order valence-electron chi connectivity index (χ4n) is 4.57. The molecular weight excluding hydrogens is 452 g/mol. The predicted molar refractivity (Wildman–Crippen MR) is 133 cm³/mol. The molecule has 180 valence electrons. The molecule has 0 unspecified atom stereocenters. The van der Waals surface area contributed by atoms with Crippen LogP contribution in [-0.2, 0) is 15.6 Å². The number of anilines is 1. The summed E-state index contributed by atoms with van der Waals surface area (Å²) in [6.07, 6.45) is 9.01. The Kier molecular flexibility index (Phi) is 8.11. The van der Waals surface area contributed by atoms with Crippen LogP contribution in [0.1, 0.15) is 79.3 Å². The lowest BCUT2D eigenvalue weighted by molar-refractivity contribution is -0.672. The maximum atomic E-state index is 12.4. The smallest absolute Gasteiger partial charge is 0.411 e. The minimum atomic E-state index is -0.441. The van der Waals surface area contributed by atoms with Crippen molar-refractivity contribution in [2.75, 3.05) is 11.9 Å². The van der Waals surface area contributed by atoms with E-state index in [-0.39, 0.29) is 12.4 Å². The lowest BCUT2D eigenvalue weighted by Crippen LogP contribution is -2.20. The molecule has 1 N–H and O–H groups in total. The van der Waals surface area contributed by atoms with E-state index in [0.717, 1.165) is 23.4 Å². The third kappa shape index (κ3) is 5.91. The highest BCUT2D eigenvalue weighted by Gasteiger charge is 2.24. The van der Waals surface area contributed by atoms with E-state index in [1.807, 2.05) is 36.5 Å². The second-order valence-electron chi connectivity index (χ2n) is 8.77. The third-order valence-electron chi connectivity index (χ3n) is 6.39. The molecular formula is C26H31N2O5S+. The molecule has 8 heteroatoms. The summed E-state index contributed by atoms with van der Waals surface area (Å²) >= 11 is 4.02. The van der Waals surface area contributed by atoms with Crippen LogP contribution >= 0.6 is 12.9 Å². The van der Waals surface area contributed by atoms with Crippen molar-refractivity contribution >= 4 is 42.4 Å². The Balaban J connectivity index is 1.36. The van der Waals surface area contributed by atoms with Gasteiger partial charge in [-0.05, 0) is 61.9 Å². The number of nitrogens with zero attached hydrogens (tertiary/aromatic N) is 1. The van der Waals surface area contributed by atoms with Crippen LogP contribution in [0.2, 0.25) is 0 Å². The number of hydrogen-bond acceptors (Lipinski definition) is 6. The maximum Gasteiger partial charge on any atom is 0.411 e. The second kappa shape index (κ2) is 11.4. The van der Waals surface area contributed by atoms with Crippen molar-refractivity contribution in [1.29, 1.82) is 0 Å².